The van der Waals surface area contributed by atoms with Crippen LogP contribution >= 0.6 is 11.6 Å². The lowest BCUT2D eigenvalue weighted by Gasteiger charge is -2.06. The van der Waals surface area contributed by atoms with E-state index in [-0.39, 0.29) is 18.4 Å². The highest BCUT2D eigenvalue weighted by Crippen LogP contribution is 2.17. The second-order valence-electron chi connectivity index (χ2n) is 4.38. The second-order valence-corrected chi connectivity index (χ2v) is 4.79. The van der Waals surface area contributed by atoms with Crippen LogP contribution in [0.4, 0.5) is 0 Å². The summed E-state index contributed by atoms with van der Waals surface area (Å²) in [5, 5.41) is 3.17. The second kappa shape index (κ2) is 9.01. The van der Waals surface area contributed by atoms with E-state index < -0.39 is 0 Å². The minimum absolute atomic E-state index is 0.214. The third-order valence-electron chi connectivity index (χ3n) is 2.69. The van der Waals surface area contributed by atoms with Crippen molar-refractivity contribution in [1.29, 1.82) is 0 Å². The van der Waals surface area contributed by atoms with E-state index in [1.807, 2.05) is 0 Å². The summed E-state index contributed by atoms with van der Waals surface area (Å²) < 4.78 is 0. The molecule has 5 nitrogen and oxygen atoms in total. The Balaban J connectivity index is 2.51. The van der Waals surface area contributed by atoms with Gasteiger partial charge in [-0.3, -0.25) is 9.59 Å². The summed E-state index contributed by atoms with van der Waals surface area (Å²) in [4.78, 5) is 22.5. The van der Waals surface area contributed by atoms with Crippen LogP contribution in [0.5, 0.6) is 0 Å². The third kappa shape index (κ3) is 6.30. The summed E-state index contributed by atoms with van der Waals surface area (Å²) >= 11 is 6.05. The molecule has 0 spiro atoms. The Hall–Kier alpha value is -2.03. The van der Waals surface area contributed by atoms with E-state index in [0.717, 1.165) is 0 Å². The number of rotatable bonds is 6. The summed E-state index contributed by atoms with van der Waals surface area (Å²) in [5.74, 6) is 4.99. The van der Waals surface area contributed by atoms with Crippen LogP contribution in [-0.2, 0) is 4.79 Å². The Bertz CT molecular complexity index is 576. The van der Waals surface area contributed by atoms with Gasteiger partial charge in [0.15, 0.2) is 0 Å². The van der Waals surface area contributed by atoms with Gasteiger partial charge in [-0.25, -0.2) is 0 Å². The first kappa shape index (κ1) is 17.0. The van der Waals surface area contributed by atoms with E-state index in [0.29, 0.717) is 42.0 Å². The maximum Gasteiger partial charge on any atom is 0.251 e. The van der Waals surface area contributed by atoms with Crippen LogP contribution in [0.3, 0.4) is 0 Å². The molecule has 2 amide bonds. The number of primary amides is 1. The summed E-state index contributed by atoms with van der Waals surface area (Å²) in [7, 11) is 0. The van der Waals surface area contributed by atoms with Crippen LogP contribution in [0.15, 0.2) is 18.2 Å². The molecule has 0 fully saturated rings. The number of halogens is 1. The molecule has 0 aliphatic carbocycles. The molecule has 112 valence electrons. The van der Waals surface area contributed by atoms with Crippen molar-refractivity contribution < 1.29 is 9.59 Å². The minimum Gasteiger partial charge on any atom is -0.370 e. The first-order chi connectivity index (χ1) is 10.0. The van der Waals surface area contributed by atoms with Crippen molar-refractivity contribution in [1.82, 2.24) is 5.32 Å². The Morgan fingerprint density at radius 3 is 2.67 bits per heavy atom. The molecule has 0 bridgehead atoms. The fraction of sp³-hybridized carbons (Fsp3) is 0.333. The van der Waals surface area contributed by atoms with Gasteiger partial charge in [0.2, 0.25) is 5.91 Å². The highest BCUT2D eigenvalue weighted by Gasteiger charge is 2.07. The van der Waals surface area contributed by atoms with Gasteiger partial charge in [0.25, 0.3) is 5.91 Å². The molecule has 0 aromatic heterocycles. The first-order valence-electron chi connectivity index (χ1n) is 6.59. The molecular formula is C15H18ClN3O2. The summed E-state index contributed by atoms with van der Waals surface area (Å²) in [6.07, 6.45) is 1.68. The van der Waals surface area contributed by atoms with Gasteiger partial charge in [-0.05, 0) is 31.0 Å². The number of carbonyl (C=O) groups excluding carboxylic acids is 2. The van der Waals surface area contributed by atoms with E-state index in [2.05, 4.69) is 17.2 Å². The fourth-order valence-electron chi connectivity index (χ4n) is 1.63. The Morgan fingerprint density at radius 2 is 2.05 bits per heavy atom. The van der Waals surface area contributed by atoms with Crippen molar-refractivity contribution in [2.75, 3.05) is 13.1 Å². The highest BCUT2D eigenvalue weighted by molar-refractivity contribution is 6.32. The van der Waals surface area contributed by atoms with Crippen LogP contribution in [0, 0.1) is 11.8 Å². The van der Waals surface area contributed by atoms with E-state index in [1.54, 1.807) is 18.2 Å². The molecule has 1 aromatic rings. The number of carbonyl (C=O) groups is 2. The van der Waals surface area contributed by atoms with E-state index in [4.69, 9.17) is 23.1 Å². The molecule has 1 rings (SSSR count). The predicted octanol–water partition coefficient (Wildman–Crippen LogP) is 1.04. The molecular weight excluding hydrogens is 290 g/mol. The number of hydrogen-bond acceptors (Lipinski definition) is 3. The molecule has 0 radical (unpaired) electrons. The van der Waals surface area contributed by atoms with Crippen molar-refractivity contribution in [2.45, 2.75) is 19.3 Å². The van der Waals surface area contributed by atoms with Gasteiger partial charge < -0.3 is 16.8 Å². The lowest BCUT2D eigenvalue weighted by Crippen LogP contribution is -2.24. The zero-order valence-electron chi connectivity index (χ0n) is 11.6. The van der Waals surface area contributed by atoms with E-state index in [1.165, 1.54) is 0 Å². The molecule has 0 saturated heterocycles. The van der Waals surface area contributed by atoms with Gasteiger partial charge in [0.05, 0.1) is 11.6 Å². The SMILES string of the molecule is NCC#Cc1ccc(C(=O)NCCCCC(N)=O)cc1Cl. The van der Waals surface area contributed by atoms with Crippen LogP contribution in [0.2, 0.25) is 5.02 Å². The van der Waals surface area contributed by atoms with Crippen molar-refractivity contribution in [2.24, 2.45) is 11.5 Å². The molecule has 0 unspecified atom stereocenters. The molecule has 5 N–H and O–H groups in total. The summed E-state index contributed by atoms with van der Waals surface area (Å²) in [6, 6.07) is 4.92. The number of nitrogens with two attached hydrogens (primary N) is 2. The van der Waals surface area contributed by atoms with Crippen LogP contribution in [0.25, 0.3) is 0 Å². The van der Waals surface area contributed by atoms with Crippen molar-refractivity contribution >= 4 is 23.4 Å². The van der Waals surface area contributed by atoms with E-state index >= 15 is 0 Å². The first-order valence-corrected chi connectivity index (χ1v) is 6.97. The quantitative estimate of drug-likeness (QED) is 0.541. The normalized spacial score (nSPS) is 9.62. The molecule has 0 saturated carbocycles. The van der Waals surface area contributed by atoms with Gasteiger partial charge in [0, 0.05) is 24.1 Å². The molecule has 6 heteroatoms. The molecule has 0 aliphatic heterocycles. The number of nitrogens with one attached hydrogen (secondary N) is 1. The molecule has 1 aromatic carbocycles. The average Bonchev–Trinajstić information content (AvgIpc) is 2.45. The third-order valence-corrected chi connectivity index (χ3v) is 3.00. The van der Waals surface area contributed by atoms with Gasteiger partial charge in [-0.1, -0.05) is 23.4 Å². The predicted molar refractivity (Wildman–Crippen MR) is 82.8 cm³/mol. The summed E-state index contributed by atoms with van der Waals surface area (Å²) in [6.45, 7) is 0.738. The van der Waals surface area contributed by atoms with Crippen LogP contribution in [0.1, 0.15) is 35.2 Å². The topological polar surface area (TPSA) is 98.2 Å². The standard InChI is InChI=1S/C15H18ClN3O2/c16-13-10-12(7-6-11(13)4-3-8-17)15(21)19-9-2-1-5-14(18)20/h6-7,10H,1-2,5,8-9,17H2,(H2,18,20)(H,19,21). The highest BCUT2D eigenvalue weighted by atomic mass is 35.5. The lowest BCUT2D eigenvalue weighted by molar-refractivity contribution is -0.118. The fourth-order valence-corrected chi connectivity index (χ4v) is 1.86. The number of amides is 2. The molecule has 0 atom stereocenters. The van der Waals surface area contributed by atoms with Gasteiger partial charge >= 0.3 is 0 Å². The number of unbranched alkanes of at least 4 members (excludes halogenated alkanes) is 1. The van der Waals surface area contributed by atoms with Gasteiger partial charge in [-0.15, -0.1) is 0 Å². The molecule has 0 aliphatic rings. The minimum atomic E-state index is -0.331. The lowest BCUT2D eigenvalue weighted by atomic mass is 10.1. The molecule has 0 heterocycles. The molecule has 21 heavy (non-hydrogen) atoms. The number of benzene rings is 1. The van der Waals surface area contributed by atoms with Crippen molar-refractivity contribution in [3.05, 3.63) is 34.3 Å². The van der Waals surface area contributed by atoms with Gasteiger partial charge in [0.1, 0.15) is 0 Å². The summed E-state index contributed by atoms with van der Waals surface area (Å²) in [5.41, 5.74) is 11.4. The Kier molecular flexibility index (Phi) is 7.30. The number of hydrogen-bond donors (Lipinski definition) is 3. The zero-order valence-corrected chi connectivity index (χ0v) is 12.4. The monoisotopic (exact) mass is 307 g/mol. The average molecular weight is 308 g/mol. The van der Waals surface area contributed by atoms with Gasteiger partial charge in [-0.2, -0.15) is 0 Å². The van der Waals surface area contributed by atoms with Crippen molar-refractivity contribution in [3.63, 3.8) is 0 Å². The smallest absolute Gasteiger partial charge is 0.251 e. The van der Waals surface area contributed by atoms with Crippen LogP contribution in [-0.4, -0.2) is 24.9 Å². The maximum atomic E-state index is 11.9. The largest absolute Gasteiger partial charge is 0.370 e. The van der Waals surface area contributed by atoms with Crippen molar-refractivity contribution in [3.8, 4) is 11.8 Å². The van der Waals surface area contributed by atoms with Crippen LogP contribution < -0.4 is 16.8 Å². The maximum absolute atomic E-state index is 11.9. The zero-order chi connectivity index (χ0) is 15.7. The van der Waals surface area contributed by atoms with E-state index in [9.17, 15) is 9.59 Å². The Morgan fingerprint density at radius 1 is 1.29 bits per heavy atom. The Labute approximate surface area is 129 Å².